The summed E-state index contributed by atoms with van der Waals surface area (Å²) in [6.45, 7) is 1.81. The number of hydrogen-bond donors (Lipinski definition) is 1. The average molecular weight is 409 g/mol. The summed E-state index contributed by atoms with van der Waals surface area (Å²) in [6, 6.07) is 13.3. The van der Waals surface area contributed by atoms with Gasteiger partial charge in [0.2, 0.25) is 0 Å². The Balaban J connectivity index is 1.63. The number of fused-ring (bicyclic) bond motifs is 1. The number of hydrogen-bond acceptors (Lipinski definition) is 8. The van der Waals surface area contributed by atoms with Crippen molar-refractivity contribution >= 4 is 38.9 Å². The number of nitrogens with zero attached hydrogens (tertiary/aromatic N) is 5. The first-order valence-electron chi connectivity index (χ1n) is 8.37. The largest absolute Gasteiger partial charge is 0.510 e. The lowest BCUT2D eigenvalue weighted by atomic mass is 10.2. The smallest absolute Gasteiger partial charge is 0.200 e. The summed E-state index contributed by atoms with van der Waals surface area (Å²) >= 11 is 2.69. The van der Waals surface area contributed by atoms with Crippen LogP contribution in [0.5, 0.6) is 0 Å². The normalized spacial score (nSPS) is 13.3. The van der Waals surface area contributed by atoms with Crippen LogP contribution in [0.15, 0.2) is 58.0 Å². The number of furan rings is 1. The molecule has 0 aliphatic carbocycles. The molecular weight excluding hydrogens is 394 g/mol. The van der Waals surface area contributed by atoms with Gasteiger partial charge in [0.1, 0.15) is 22.4 Å². The first kappa shape index (κ1) is 18.3. The quantitative estimate of drug-likeness (QED) is 0.291. The van der Waals surface area contributed by atoms with Gasteiger partial charge in [-0.2, -0.15) is 5.26 Å². The molecule has 28 heavy (non-hydrogen) atoms. The molecule has 9 heteroatoms. The number of benzene rings is 1. The fraction of sp³-hybridized carbons (Fsp3) is 0.158. The molecule has 0 bridgehead atoms. The van der Waals surface area contributed by atoms with Gasteiger partial charge in [-0.1, -0.05) is 23.9 Å². The second kappa shape index (κ2) is 7.50. The number of thioether (sulfide) groups is 1. The minimum absolute atomic E-state index is 0.0332. The molecule has 0 radical (unpaired) electrons. The van der Waals surface area contributed by atoms with Gasteiger partial charge in [0.15, 0.2) is 16.7 Å². The summed E-state index contributed by atoms with van der Waals surface area (Å²) in [6.07, 6.45) is 1.57. The molecular formula is C19H15N5O2S2. The van der Waals surface area contributed by atoms with Gasteiger partial charge in [0.25, 0.3) is 0 Å². The molecule has 4 rings (SSSR count). The lowest BCUT2D eigenvalue weighted by Gasteiger charge is -2.11. The van der Waals surface area contributed by atoms with E-state index in [9.17, 15) is 10.4 Å². The third-order valence-corrected chi connectivity index (χ3v) is 6.32. The van der Waals surface area contributed by atoms with E-state index in [1.54, 1.807) is 23.0 Å². The number of aliphatic hydroxyl groups excluding tert-OH is 1. The van der Waals surface area contributed by atoms with Crippen LogP contribution in [0.4, 0.5) is 0 Å². The number of para-hydroxylation sites is 1. The summed E-state index contributed by atoms with van der Waals surface area (Å²) in [5, 5.41) is 29.4. The van der Waals surface area contributed by atoms with Crippen molar-refractivity contribution in [2.24, 2.45) is 7.05 Å². The van der Waals surface area contributed by atoms with Crippen molar-refractivity contribution in [3.8, 4) is 17.7 Å². The van der Waals surface area contributed by atoms with Crippen LogP contribution in [-0.4, -0.2) is 30.1 Å². The van der Waals surface area contributed by atoms with Gasteiger partial charge >= 0.3 is 0 Å². The number of aliphatic hydroxyl groups is 1. The maximum Gasteiger partial charge on any atom is 0.200 e. The maximum atomic E-state index is 10.7. The highest BCUT2D eigenvalue weighted by molar-refractivity contribution is 7.99. The summed E-state index contributed by atoms with van der Waals surface area (Å²) in [5.74, 6) is 1.17. The van der Waals surface area contributed by atoms with Gasteiger partial charge in [-0.25, -0.2) is 4.98 Å². The fourth-order valence-electron chi connectivity index (χ4n) is 2.65. The predicted molar refractivity (Wildman–Crippen MR) is 109 cm³/mol. The van der Waals surface area contributed by atoms with Crippen LogP contribution in [0.2, 0.25) is 0 Å². The molecule has 1 aromatic carbocycles. The van der Waals surface area contributed by atoms with Crippen molar-refractivity contribution in [2.75, 3.05) is 0 Å². The van der Waals surface area contributed by atoms with Gasteiger partial charge in [0, 0.05) is 7.05 Å². The second-order valence-corrected chi connectivity index (χ2v) is 8.30. The molecule has 0 saturated carbocycles. The average Bonchev–Trinajstić information content (AvgIpc) is 3.42. The van der Waals surface area contributed by atoms with E-state index in [1.807, 2.05) is 38.2 Å². The number of rotatable bonds is 5. The fourth-order valence-corrected chi connectivity index (χ4v) is 4.50. The van der Waals surface area contributed by atoms with Crippen molar-refractivity contribution in [3.63, 3.8) is 0 Å². The van der Waals surface area contributed by atoms with E-state index in [-0.39, 0.29) is 11.3 Å². The van der Waals surface area contributed by atoms with Gasteiger partial charge in [-0.05, 0) is 31.2 Å². The predicted octanol–water partition coefficient (Wildman–Crippen LogP) is 4.66. The Morgan fingerprint density at radius 1 is 1.29 bits per heavy atom. The van der Waals surface area contributed by atoms with Crippen LogP contribution in [0.1, 0.15) is 11.9 Å². The van der Waals surface area contributed by atoms with E-state index in [2.05, 4.69) is 21.3 Å². The van der Waals surface area contributed by atoms with Crippen molar-refractivity contribution in [1.82, 2.24) is 19.7 Å². The molecule has 140 valence electrons. The molecule has 1 unspecified atom stereocenters. The van der Waals surface area contributed by atoms with Crippen LogP contribution in [-0.2, 0) is 7.05 Å². The van der Waals surface area contributed by atoms with Crippen LogP contribution in [0.3, 0.4) is 0 Å². The number of aromatic nitrogens is 4. The Morgan fingerprint density at radius 3 is 2.82 bits per heavy atom. The van der Waals surface area contributed by atoms with Gasteiger partial charge in [0.05, 0.1) is 21.7 Å². The first-order chi connectivity index (χ1) is 13.6. The monoisotopic (exact) mass is 409 g/mol. The molecule has 0 aliphatic heterocycles. The molecule has 0 fully saturated rings. The zero-order valence-corrected chi connectivity index (χ0v) is 16.7. The van der Waals surface area contributed by atoms with Crippen LogP contribution < -0.4 is 0 Å². The highest BCUT2D eigenvalue weighted by atomic mass is 32.2. The third-order valence-electron chi connectivity index (χ3n) is 4.12. The molecule has 0 saturated heterocycles. The van der Waals surface area contributed by atoms with E-state index >= 15 is 0 Å². The van der Waals surface area contributed by atoms with Crippen molar-refractivity contribution in [3.05, 3.63) is 53.4 Å². The summed E-state index contributed by atoms with van der Waals surface area (Å²) in [7, 11) is 1.83. The zero-order chi connectivity index (χ0) is 19.7. The molecule has 4 aromatic rings. The van der Waals surface area contributed by atoms with E-state index < -0.39 is 5.25 Å². The minimum Gasteiger partial charge on any atom is -0.510 e. The highest BCUT2D eigenvalue weighted by Crippen LogP contribution is 2.33. The SMILES string of the molecule is CC(Sc1nnc(-c2ccco2)n1C)/C(O)=C(\C#N)c1nc2ccccc2s1. The van der Waals surface area contributed by atoms with E-state index in [4.69, 9.17) is 4.42 Å². The van der Waals surface area contributed by atoms with E-state index in [1.165, 1.54) is 23.1 Å². The Labute approximate surface area is 169 Å². The summed E-state index contributed by atoms with van der Waals surface area (Å²) < 4.78 is 8.12. The second-order valence-electron chi connectivity index (χ2n) is 5.96. The molecule has 7 nitrogen and oxygen atoms in total. The Hall–Kier alpha value is -3.09. The number of thiazole rings is 1. The van der Waals surface area contributed by atoms with Gasteiger partial charge in [-0.3, -0.25) is 0 Å². The zero-order valence-electron chi connectivity index (χ0n) is 15.0. The Kier molecular flexibility index (Phi) is 4.90. The maximum absolute atomic E-state index is 10.7. The van der Waals surface area contributed by atoms with Gasteiger partial charge < -0.3 is 14.1 Å². The highest BCUT2D eigenvalue weighted by Gasteiger charge is 2.22. The van der Waals surface area contributed by atoms with Crippen molar-refractivity contribution in [2.45, 2.75) is 17.3 Å². The van der Waals surface area contributed by atoms with E-state index in [0.717, 1.165) is 10.2 Å². The van der Waals surface area contributed by atoms with E-state index in [0.29, 0.717) is 21.7 Å². The number of nitriles is 1. The van der Waals surface area contributed by atoms with Crippen LogP contribution in [0.25, 0.3) is 27.4 Å². The van der Waals surface area contributed by atoms with Crippen LogP contribution >= 0.6 is 23.1 Å². The molecule has 0 aliphatic rings. The molecule has 0 spiro atoms. The topological polar surface area (TPSA) is 101 Å². The first-order valence-corrected chi connectivity index (χ1v) is 10.1. The third kappa shape index (κ3) is 3.28. The molecule has 0 amide bonds. The van der Waals surface area contributed by atoms with Crippen molar-refractivity contribution in [1.29, 1.82) is 5.26 Å². The molecule has 3 heterocycles. The lowest BCUT2D eigenvalue weighted by molar-refractivity contribution is 0.402. The Morgan fingerprint density at radius 2 is 2.11 bits per heavy atom. The lowest BCUT2D eigenvalue weighted by Crippen LogP contribution is -2.06. The summed E-state index contributed by atoms with van der Waals surface area (Å²) in [4.78, 5) is 4.47. The van der Waals surface area contributed by atoms with Crippen LogP contribution in [0, 0.1) is 11.3 Å². The standard InChI is InChI=1S/C19H15N5O2S2/c1-11(27-19-23-22-17(24(19)2)14-7-5-9-26-14)16(25)12(10-20)18-21-13-6-3-4-8-15(13)28-18/h3-9,11,25H,1-2H3/b16-12-. The van der Waals surface area contributed by atoms with Crippen molar-refractivity contribution < 1.29 is 9.52 Å². The molecule has 1 atom stereocenters. The Bertz CT molecular complexity index is 1170. The molecule has 1 N–H and O–H groups in total. The summed E-state index contributed by atoms with van der Waals surface area (Å²) in [5.41, 5.74) is 0.981. The number of allylic oxidation sites excluding steroid dienone is 1. The minimum atomic E-state index is -0.408. The molecule has 3 aromatic heterocycles. The van der Waals surface area contributed by atoms with Gasteiger partial charge in [-0.15, -0.1) is 21.5 Å².